The summed E-state index contributed by atoms with van der Waals surface area (Å²) < 4.78 is 0. The zero-order valence-corrected chi connectivity index (χ0v) is 11.8. The van der Waals surface area contributed by atoms with Gasteiger partial charge in [-0.3, -0.25) is 4.98 Å². The van der Waals surface area contributed by atoms with Gasteiger partial charge in [-0.1, -0.05) is 26.5 Å². The summed E-state index contributed by atoms with van der Waals surface area (Å²) in [5.74, 6) is 0. The third-order valence-corrected chi connectivity index (χ3v) is 2.73. The van der Waals surface area contributed by atoms with Crippen molar-refractivity contribution >= 4 is 0 Å². The lowest BCUT2D eigenvalue weighted by Crippen LogP contribution is -2.30. The molecule has 1 N–H and O–H groups in total. The molecule has 0 saturated carbocycles. The van der Waals surface area contributed by atoms with Crippen LogP contribution in [0.5, 0.6) is 0 Å². The molecule has 100 valence electrons. The molecule has 3 heteroatoms. The molecule has 18 heavy (non-hydrogen) atoms. The highest BCUT2D eigenvalue weighted by molar-refractivity contribution is 5.04. The fourth-order valence-electron chi connectivity index (χ4n) is 1.72. The van der Waals surface area contributed by atoms with Gasteiger partial charge in [-0.2, -0.15) is 0 Å². The van der Waals surface area contributed by atoms with Crippen LogP contribution in [0.25, 0.3) is 0 Å². The predicted molar refractivity (Wildman–Crippen MR) is 77.7 cm³/mol. The first kappa shape index (κ1) is 14.9. The van der Waals surface area contributed by atoms with Gasteiger partial charge in [0.15, 0.2) is 0 Å². The van der Waals surface area contributed by atoms with E-state index in [0.29, 0.717) is 6.04 Å². The lowest BCUT2D eigenvalue weighted by atomic mass is 10.2. The second kappa shape index (κ2) is 8.01. The minimum atomic E-state index is 0.514. The fraction of sp³-hybridized carbons (Fsp3) is 0.533. The van der Waals surface area contributed by atoms with E-state index in [9.17, 15) is 0 Å². The Morgan fingerprint density at radius 2 is 2.22 bits per heavy atom. The van der Waals surface area contributed by atoms with Crippen molar-refractivity contribution in [1.29, 1.82) is 0 Å². The van der Waals surface area contributed by atoms with E-state index in [-0.39, 0.29) is 0 Å². The Morgan fingerprint density at radius 1 is 1.44 bits per heavy atom. The molecule has 0 fully saturated rings. The summed E-state index contributed by atoms with van der Waals surface area (Å²) in [6, 6.07) is 6.57. The molecule has 3 nitrogen and oxygen atoms in total. The minimum Gasteiger partial charge on any atom is -0.311 e. The van der Waals surface area contributed by atoms with E-state index in [0.717, 1.165) is 31.7 Å². The zero-order valence-electron chi connectivity index (χ0n) is 11.8. The number of rotatable bonds is 8. The second-order valence-corrected chi connectivity index (χ2v) is 5.09. The van der Waals surface area contributed by atoms with Gasteiger partial charge in [0.2, 0.25) is 0 Å². The zero-order chi connectivity index (χ0) is 13.4. The first-order valence-electron chi connectivity index (χ1n) is 6.56. The second-order valence-electron chi connectivity index (χ2n) is 5.09. The molecule has 0 aliphatic heterocycles. The van der Waals surface area contributed by atoms with Crippen molar-refractivity contribution in [2.45, 2.75) is 26.3 Å². The van der Waals surface area contributed by atoms with E-state index >= 15 is 0 Å². The Hall–Kier alpha value is -1.19. The van der Waals surface area contributed by atoms with E-state index in [1.54, 1.807) is 0 Å². The molecule has 0 aliphatic carbocycles. The molecule has 0 unspecified atom stereocenters. The summed E-state index contributed by atoms with van der Waals surface area (Å²) in [6.07, 6.45) is 2.84. The Morgan fingerprint density at radius 3 is 2.83 bits per heavy atom. The molecule has 0 atom stereocenters. The van der Waals surface area contributed by atoms with Crippen LogP contribution in [0.2, 0.25) is 0 Å². The lowest BCUT2D eigenvalue weighted by Gasteiger charge is -2.19. The van der Waals surface area contributed by atoms with Crippen molar-refractivity contribution in [3.8, 4) is 0 Å². The van der Waals surface area contributed by atoms with Crippen LogP contribution in [0, 0.1) is 0 Å². The van der Waals surface area contributed by atoms with Crippen molar-refractivity contribution in [2.24, 2.45) is 0 Å². The molecule has 0 aliphatic rings. The van der Waals surface area contributed by atoms with Crippen molar-refractivity contribution in [1.82, 2.24) is 15.2 Å². The van der Waals surface area contributed by atoms with E-state index in [1.807, 2.05) is 18.3 Å². The molecule has 0 radical (unpaired) electrons. The maximum Gasteiger partial charge on any atom is 0.0416 e. The highest BCUT2D eigenvalue weighted by atomic mass is 15.1. The summed E-state index contributed by atoms with van der Waals surface area (Å²) in [4.78, 5) is 6.62. The predicted octanol–water partition coefficient (Wildman–Crippen LogP) is 2.11. The van der Waals surface area contributed by atoms with Gasteiger partial charge < -0.3 is 10.2 Å². The van der Waals surface area contributed by atoms with Crippen LogP contribution in [-0.4, -0.2) is 42.6 Å². The number of nitrogens with zero attached hydrogens (tertiary/aromatic N) is 2. The maximum atomic E-state index is 4.33. The van der Waals surface area contributed by atoms with Crippen LogP contribution >= 0.6 is 0 Å². The smallest absolute Gasteiger partial charge is 0.0416 e. The van der Waals surface area contributed by atoms with Crippen molar-refractivity contribution in [3.05, 3.63) is 42.2 Å². The van der Waals surface area contributed by atoms with Gasteiger partial charge >= 0.3 is 0 Å². The number of pyridine rings is 1. The number of nitrogens with one attached hydrogen (secondary N) is 1. The summed E-state index contributed by atoms with van der Waals surface area (Å²) >= 11 is 0. The molecule has 0 saturated heterocycles. The first-order valence-corrected chi connectivity index (χ1v) is 6.56. The highest BCUT2D eigenvalue weighted by Crippen LogP contribution is 1.99. The maximum absolute atomic E-state index is 4.33. The molecule has 1 aromatic heterocycles. The standard InChI is InChI=1S/C15H25N3/c1-13(2)17-11-14(3)12-18(4)10-8-15-7-5-6-9-16-15/h5-7,9,13,17H,3,8,10-12H2,1-2,4H3. The molecule has 1 heterocycles. The SMILES string of the molecule is C=C(CNC(C)C)CN(C)CCc1ccccn1. The Balaban J connectivity index is 2.21. The van der Waals surface area contributed by atoms with Gasteiger partial charge in [0.05, 0.1) is 0 Å². The summed E-state index contributed by atoms with van der Waals surface area (Å²) in [6.45, 7) is 11.2. The van der Waals surface area contributed by atoms with Crippen molar-refractivity contribution in [3.63, 3.8) is 0 Å². The van der Waals surface area contributed by atoms with Gasteiger partial charge in [-0.05, 0) is 24.8 Å². The molecule has 0 bridgehead atoms. The lowest BCUT2D eigenvalue weighted by molar-refractivity contribution is 0.361. The Kier molecular flexibility index (Phi) is 6.61. The van der Waals surface area contributed by atoms with Crippen LogP contribution in [0.3, 0.4) is 0 Å². The molecular weight excluding hydrogens is 222 g/mol. The number of aromatic nitrogens is 1. The molecule has 0 spiro atoms. The van der Waals surface area contributed by atoms with Crippen LogP contribution in [0.15, 0.2) is 36.5 Å². The number of hydrogen-bond acceptors (Lipinski definition) is 3. The molecule has 1 aromatic rings. The van der Waals surface area contributed by atoms with Crippen molar-refractivity contribution < 1.29 is 0 Å². The van der Waals surface area contributed by atoms with Gasteiger partial charge in [0, 0.05) is 44.0 Å². The van der Waals surface area contributed by atoms with Gasteiger partial charge in [0.1, 0.15) is 0 Å². The monoisotopic (exact) mass is 247 g/mol. The van der Waals surface area contributed by atoms with E-state index in [1.165, 1.54) is 5.57 Å². The number of hydrogen-bond donors (Lipinski definition) is 1. The van der Waals surface area contributed by atoms with Gasteiger partial charge in [0.25, 0.3) is 0 Å². The van der Waals surface area contributed by atoms with E-state index < -0.39 is 0 Å². The van der Waals surface area contributed by atoms with E-state index in [4.69, 9.17) is 0 Å². The average molecular weight is 247 g/mol. The fourth-order valence-corrected chi connectivity index (χ4v) is 1.72. The highest BCUT2D eigenvalue weighted by Gasteiger charge is 2.03. The van der Waals surface area contributed by atoms with Crippen LogP contribution in [0.4, 0.5) is 0 Å². The first-order chi connectivity index (χ1) is 8.58. The Bertz CT molecular complexity index is 346. The van der Waals surface area contributed by atoms with Crippen LogP contribution in [-0.2, 0) is 6.42 Å². The molecular formula is C15H25N3. The molecule has 1 rings (SSSR count). The summed E-state index contributed by atoms with van der Waals surface area (Å²) in [5, 5.41) is 3.39. The van der Waals surface area contributed by atoms with Crippen LogP contribution in [0.1, 0.15) is 19.5 Å². The number of likely N-dealkylation sites (N-methyl/N-ethyl adjacent to an activating group) is 1. The molecule has 0 amide bonds. The largest absolute Gasteiger partial charge is 0.311 e. The summed E-state index contributed by atoms with van der Waals surface area (Å²) in [5.41, 5.74) is 2.38. The summed E-state index contributed by atoms with van der Waals surface area (Å²) in [7, 11) is 2.13. The Labute approximate surface area is 111 Å². The molecule has 0 aromatic carbocycles. The third kappa shape index (κ3) is 6.52. The van der Waals surface area contributed by atoms with Gasteiger partial charge in [-0.25, -0.2) is 0 Å². The van der Waals surface area contributed by atoms with Crippen LogP contribution < -0.4 is 5.32 Å². The van der Waals surface area contributed by atoms with E-state index in [2.05, 4.69) is 48.7 Å². The minimum absolute atomic E-state index is 0.514. The topological polar surface area (TPSA) is 28.2 Å². The van der Waals surface area contributed by atoms with Gasteiger partial charge in [-0.15, -0.1) is 0 Å². The normalized spacial score (nSPS) is 11.2. The average Bonchev–Trinajstić information content (AvgIpc) is 2.35. The third-order valence-electron chi connectivity index (χ3n) is 2.73. The van der Waals surface area contributed by atoms with Crippen molar-refractivity contribution in [2.75, 3.05) is 26.7 Å². The quantitative estimate of drug-likeness (QED) is 0.713.